The third-order valence-electron chi connectivity index (χ3n) is 6.05. The molecule has 0 bridgehead atoms. The summed E-state index contributed by atoms with van der Waals surface area (Å²) in [6.07, 6.45) is 0. The quantitative estimate of drug-likeness (QED) is 0.340. The van der Waals surface area contributed by atoms with E-state index in [-0.39, 0.29) is 0 Å². The highest BCUT2D eigenvalue weighted by Crippen LogP contribution is 2.33. The van der Waals surface area contributed by atoms with E-state index in [1.54, 1.807) is 0 Å². The van der Waals surface area contributed by atoms with E-state index in [0.29, 0.717) is 0 Å². The van der Waals surface area contributed by atoms with Gasteiger partial charge in [-0.1, -0.05) is 96.5 Å². The molecule has 0 aliphatic carbocycles. The number of nitrogens with zero attached hydrogens (tertiary/aromatic N) is 2. The second kappa shape index (κ2) is 7.54. The van der Waals surface area contributed by atoms with Crippen LogP contribution in [-0.4, -0.2) is 17.4 Å². The van der Waals surface area contributed by atoms with E-state index in [1.807, 2.05) is 6.07 Å². The summed E-state index contributed by atoms with van der Waals surface area (Å²) in [5.41, 5.74) is 8.03. The van der Waals surface area contributed by atoms with E-state index < -0.39 is 0 Å². The fraction of sp³-hybridized carbons (Fsp3) is 0. The molecular weight excluding hydrogens is 387 g/mol. The van der Waals surface area contributed by atoms with Crippen LogP contribution >= 0.6 is 0 Å². The van der Waals surface area contributed by atoms with Gasteiger partial charge in [0, 0.05) is 16.3 Å². The molecule has 0 fully saturated rings. The van der Waals surface area contributed by atoms with Gasteiger partial charge >= 0.3 is 0 Å². The molecular formula is C29H21BN2. The number of hydrogen-bond donors (Lipinski definition) is 0. The van der Waals surface area contributed by atoms with Gasteiger partial charge in [-0.2, -0.15) is 0 Å². The molecule has 32 heavy (non-hydrogen) atoms. The number of aromatic nitrogens is 2. The summed E-state index contributed by atoms with van der Waals surface area (Å²) in [7, 11) is 2.14. The van der Waals surface area contributed by atoms with Crippen molar-refractivity contribution in [3.63, 3.8) is 0 Å². The fourth-order valence-electron chi connectivity index (χ4n) is 4.51. The molecule has 0 aliphatic heterocycles. The van der Waals surface area contributed by atoms with E-state index in [2.05, 4.69) is 122 Å². The molecule has 0 saturated heterocycles. The first-order valence-corrected chi connectivity index (χ1v) is 10.9. The van der Waals surface area contributed by atoms with Crippen LogP contribution in [0, 0.1) is 0 Å². The van der Waals surface area contributed by atoms with Gasteiger partial charge in [-0.15, -0.1) is 0 Å². The molecule has 6 rings (SSSR count). The maximum Gasteiger partial charge on any atom is 0.139 e. The molecule has 2 nitrogen and oxygen atoms in total. The molecule has 0 saturated carbocycles. The Hall–Kier alpha value is -4.11. The first kappa shape index (κ1) is 18.6. The second-order valence-electron chi connectivity index (χ2n) is 8.20. The van der Waals surface area contributed by atoms with Crippen LogP contribution < -0.4 is 5.46 Å². The lowest BCUT2D eigenvalue weighted by molar-refractivity contribution is 1.08. The lowest BCUT2D eigenvalue weighted by atomic mass is 9.95. The predicted octanol–water partition coefficient (Wildman–Crippen LogP) is 5.77. The third-order valence-corrected chi connectivity index (χ3v) is 6.05. The molecule has 4 aromatic carbocycles. The average Bonchev–Trinajstić information content (AvgIpc) is 3.18. The van der Waals surface area contributed by atoms with Gasteiger partial charge in [0.25, 0.3) is 0 Å². The molecule has 0 spiro atoms. The van der Waals surface area contributed by atoms with Crippen molar-refractivity contribution < 1.29 is 0 Å². The van der Waals surface area contributed by atoms with Gasteiger partial charge in [0.2, 0.25) is 0 Å². The highest BCUT2D eigenvalue weighted by molar-refractivity contribution is 6.33. The Kier molecular flexibility index (Phi) is 4.40. The largest absolute Gasteiger partial charge is 0.294 e. The summed E-state index contributed by atoms with van der Waals surface area (Å²) in [6, 6.07) is 40.6. The van der Waals surface area contributed by atoms with E-state index in [0.717, 1.165) is 22.6 Å². The lowest BCUT2D eigenvalue weighted by Gasteiger charge is -2.13. The van der Waals surface area contributed by atoms with Crippen molar-refractivity contribution in [3.8, 4) is 28.2 Å². The number of pyridine rings is 1. The van der Waals surface area contributed by atoms with Gasteiger partial charge in [-0.25, -0.2) is 4.98 Å². The van der Waals surface area contributed by atoms with Crippen molar-refractivity contribution in [2.75, 3.05) is 0 Å². The highest BCUT2D eigenvalue weighted by Gasteiger charge is 2.15. The highest BCUT2D eigenvalue weighted by atomic mass is 15.1. The molecule has 3 heteroatoms. The van der Waals surface area contributed by atoms with Crippen molar-refractivity contribution >= 4 is 35.1 Å². The van der Waals surface area contributed by atoms with E-state index in [1.165, 1.54) is 32.8 Å². The molecule has 0 atom stereocenters. The van der Waals surface area contributed by atoms with Crippen LogP contribution in [0.25, 0.3) is 50.0 Å². The van der Waals surface area contributed by atoms with Gasteiger partial charge in [0.15, 0.2) is 0 Å². The van der Waals surface area contributed by atoms with Gasteiger partial charge in [0.05, 0.1) is 16.7 Å². The van der Waals surface area contributed by atoms with E-state index in [4.69, 9.17) is 4.98 Å². The first-order valence-electron chi connectivity index (χ1n) is 10.9. The van der Waals surface area contributed by atoms with Crippen molar-refractivity contribution in [1.29, 1.82) is 0 Å². The van der Waals surface area contributed by atoms with Crippen LogP contribution in [0.5, 0.6) is 0 Å². The summed E-state index contributed by atoms with van der Waals surface area (Å²) < 4.78 is 2.30. The predicted molar refractivity (Wildman–Crippen MR) is 138 cm³/mol. The Morgan fingerprint density at radius 3 is 1.97 bits per heavy atom. The van der Waals surface area contributed by atoms with Crippen LogP contribution in [0.1, 0.15) is 0 Å². The minimum absolute atomic E-state index is 0.932. The normalized spacial score (nSPS) is 11.2. The van der Waals surface area contributed by atoms with Gasteiger partial charge in [0.1, 0.15) is 13.7 Å². The first-order chi connectivity index (χ1) is 15.8. The fourth-order valence-corrected chi connectivity index (χ4v) is 4.51. The zero-order valence-corrected chi connectivity index (χ0v) is 17.9. The number of para-hydroxylation sites is 1. The van der Waals surface area contributed by atoms with Crippen molar-refractivity contribution in [1.82, 2.24) is 9.55 Å². The standard InChI is InChI=1S/C29H21BN2/c30-23-15-16-25-24-13-7-8-14-27(24)32(28(25)19-23)29-18-22(20-9-3-1-4-10-20)17-26(31-29)21-11-5-2-6-12-21/h1-19H,30H2. The zero-order chi connectivity index (χ0) is 21.5. The second-order valence-corrected chi connectivity index (χ2v) is 8.20. The van der Waals surface area contributed by atoms with Gasteiger partial charge in [-0.05, 0) is 35.4 Å². The molecule has 0 N–H and O–H groups in total. The number of benzene rings is 4. The molecule has 150 valence electrons. The van der Waals surface area contributed by atoms with E-state index in [9.17, 15) is 0 Å². The molecule has 2 aromatic heterocycles. The summed E-state index contributed by atoms with van der Waals surface area (Å²) in [5, 5.41) is 2.50. The topological polar surface area (TPSA) is 17.8 Å². The van der Waals surface area contributed by atoms with Crippen LogP contribution in [-0.2, 0) is 0 Å². The Labute approximate surface area is 188 Å². The lowest BCUT2D eigenvalue weighted by Crippen LogP contribution is -2.04. The van der Waals surface area contributed by atoms with Crippen LogP contribution in [0.3, 0.4) is 0 Å². The third kappa shape index (κ3) is 3.10. The smallest absolute Gasteiger partial charge is 0.139 e. The van der Waals surface area contributed by atoms with Gasteiger partial charge < -0.3 is 0 Å². The summed E-state index contributed by atoms with van der Waals surface area (Å²) in [5.74, 6) is 0.932. The molecule has 2 heterocycles. The summed E-state index contributed by atoms with van der Waals surface area (Å²) in [4.78, 5) is 5.16. The molecule has 0 aliphatic rings. The number of rotatable bonds is 3. The summed E-state index contributed by atoms with van der Waals surface area (Å²) >= 11 is 0. The Balaban J connectivity index is 1.70. The maximum absolute atomic E-state index is 5.16. The van der Waals surface area contributed by atoms with E-state index >= 15 is 0 Å². The summed E-state index contributed by atoms with van der Waals surface area (Å²) in [6.45, 7) is 0. The molecule has 0 amide bonds. The van der Waals surface area contributed by atoms with Crippen molar-refractivity contribution in [2.45, 2.75) is 0 Å². The minimum atomic E-state index is 0.932. The average molecular weight is 408 g/mol. The monoisotopic (exact) mass is 408 g/mol. The number of hydrogen-bond acceptors (Lipinski definition) is 1. The Bertz CT molecular complexity index is 1510. The minimum Gasteiger partial charge on any atom is -0.294 e. The Morgan fingerprint density at radius 2 is 1.19 bits per heavy atom. The van der Waals surface area contributed by atoms with Crippen LogP contribution in [0.4, 0.5) is 0 Å². The molecule has 0 unspecified atom stereocenters. The SMILES string of the molecule is Bc1ccc2c3ccccc3n(-c3cc(-c4ccccc4)cc(-c4ccccc4)n3)c2c1. The Morgan fingerprint density at radius 1 is 0.531 bits per heavy atom. The van der Waals surface area contributed by atoms with Crippen molar-refractivity contribution in [2.24, 2.45) is 0 Å². The molecule has 0 radical (unpaired) electrons. The molecule has 6 aromatic rings. The van der Waals surface area contributed by atoms with Crippen LogP contribution in [0.15, 0.2) is 115 Å². The van der Waals surface area contributed by atoms with Crippen molar-refractivity contribution in [3.05, 3.63) is 115 Å². The van der Waals surface area contributed by atoms with Crippen LogP contribution in [0.2, 0.25) is 0 Å². The van der Waals surface area contributed by atoms with Gasteiger partial charge in [-0.3, -0.25) is 4.57 Å². The maximum atomic E-state index is 5.16. The number of fused-ring (bicyclic) bond motifs is 3. The zero-order valence-electron chi connectivity index (χ0n) is 17.9.